The van der Waals surface area contributed by atoms with Crippen LogP contribution in [0, 0.1) is 19.8 Å². The van der Waals surface area contributed by atoms with Gasteiger partial charge in [0.05, 0.1) is 12.5 Å². The summed E-state index contributed by atoms with van der Waals surface area (Å²) in [6, 6.07) is 6.35. The van der Waals surface area contributed by atoms with Crippen molar-refractivity contribution in [2.45, 2.75) is 34.1 Å². The molecule has 0 bridgehead atoms. The van der Waals surface area contributed by atoms with E-state index in [0.717, 1.165) is 6.42 Å². The maximum absolute atomic E-state index is 11.3. The summed E-state index contributed by atoms with van der Waals surface area (Å²) in [5.41, 5.74) is 3.76. The van der Waals surface area contributed by atoms with E-state index in [-0.39, 0.29) is 11.9 Å². The van der Waals surface area contributed by atoms with Crippen molar-refractivity contribution in [1.29, 1.82) is 0 Å². The first kappa shape index (κ1) is 12.8. The van der Waals surface area contributed by atoms with Gasteiger partial charge in [-0.15, -0.1) is 0 Å². The van der Waals surface area contributed by atoms with E-state index in [1.165, 1.54) is 16.7 Å². The fourth-order valence-electron chi connectivity index (χ4n) is 1.50. The van der Waals surface area contributed by atoms with Gasteiger partial charge in [0.2, 0.25) is 0 Å². The summed E-state index contributed by atoms with van der Waals surface area (Å²) in [5, 5.41) is 0. The molecule has 0 saturated heterocycles. The second kappa shape index (κ2) is 5.69. The normalized spacial score (nSPS) is 10.6. The molecule has 1 aromatic carbocycles. The van der Waals surface area contributed by atoms with Gasteiger partial charge in [0.1, 0.15) is 0 Å². The number of hydrogen-bond donors (Lipinski definition) is 0. The molecule has 0 saturated carbocycles. The van der Waals surface area contributed by atoms with Crippen LogP contribution in [0.4, 0.5) is 0 Å². The highest BCUT2D eigenvalue weighted by Gasteiger charge is 2.08. The molecule has 0 heterocycles. The lowest BCUT2D eigenvalue weighted by Gasteiger charge is -2.09. The Hall–Kier alpha value is -1.31. The second-order valence-electron chi connectivity index (χ2n) is 4.50. The molecule has 0 atom stereocenters. The van der Waals surface area contributed by atoms with E-state index in [0.29, 0.717) is 6.61 Å². The van der Waals surface area contributed by atoms with Crippen molar-refractivity contribution in [2.24, 2.45) is 5.92 Å². The third-order valence-corrected chi connectivity index (χ3v) is 2.59. The van der Waals surface area contributed by atoms with Crippen LogP contribution in [0.15, 0.2) is 18.2 Å². The van der Waals surface area contributed by atoms with Crippen molar-refractivity contribution >= 4 is 5.97 Å². The van der Waals surface area contributed by atoms with Crippen LogP contribution >= 0.6 is 0 Å². The zero-order chi connectivity index (χ0) is 12.1. The van der Waals surface area contributed by atoms with E-state index in [1.54, 1.807) is 0 Å². The van der Waals surface area contributed by atoms with E-state index in [2.05, 4.69) is 32.0 Å². The maximum Gasteiger partial charge on any atom is 0.308 e. The van der Waals surface area contributed by atoms with Crippen LogP contribution in [0.25, 0.3) is 0 Å². The summed E-state index contributed by atoms with van der Waals surface area (Å²) in [6.45, 7) is 8.32. The van der Waals surface area contributed by atoms with Crippen molar-refractivity contribution in [3.05, 3.63) is 34.9 Å². The number of carbonyl (C=O) groups excluding carboxylic acids is 1. The van der Waals surface area contributed by atoms with Crippen molar-refractivity contribution in [3.8, 4) is 0 Å². The molecule has 88 valence electrons. The number of ether oxygens (including phenoxy) is 1. The molecular formula is C14H20O2. The predicted molar refractivity (Wildman–Crippen MR) is 65.4 cm³/mol. The standard InChI is InChI=1S/C14H20O2/c1-10(2)14(15)16-8-7-13-9-11(3)5-6-12(13)4/h5-6,9-10H,7-8H2,1-4H3. The fourth-order valence-corrected chi connectivity index (χ4v) is 1.50. The molecule has 0 fully saturated rings. The number of aryl methyl sites for hydroxylation is 2. The third-order valence-electron chi connectivity index (χ3n) is 2.59. The Kier molecular flexibility index (Phi) is 4.53. The van der Waals surface area contributed by atoms with Crippen molar-refractivity contribution in [2.75, 3.05) is 6.61 Å². The van der Waals surface area contributed by atoms with Crippen LogP contribution in [0.1, 0.15) is 30.5 Å². The highest BCUT2D eigenvalue weighted by atomic mass is 16.5. The molecule has 2 nitrogen and oxygen atoms in total. The number of benzene rings is 1. The molecule has 0 aromatic heterocycles. The van der Waals surface area contributed by atoms with Gasteiger partial charge in [-0.2, -0.15) is 0 Å². The molecule has 0 radical (unpaired) electrons. The Morgan fingerprint density at radius 3 is 2.62 bits per heavy atom. The average Bonchev–Trinajstić information content (AvgIpc) is 2.22. The zero-order valence-electron chi connectivity index (χ0n) is 10.5. The van der Waals surface area contributed by atoms with Gasteiger partial charge < -0.3 is 4.74 Å². The van der Waals surface area contributed by atoms with E-state index in [1.807, 2.05) is 13.8 Å². The van der Waals surface area contributed by atoms with E-state index < -0.39 is 0 Å². The molecule has 0 aliphatic heterocycles. The summed E-state index contributed by atoms with van der Waals surface area (Å²) in [7, 11) is 0. The molecule has 0 aliphatic carbocycles. The minimum atomic E-state index is -0.120. The number of esters is 1. The van der Waals surface area contributed by atoms with Gasteiger partial charge in [-0.3, -0.25) is 4.79 Å². The van der Waals surface area contributed by atoms with E-state index >= 15 is 0 Å². The van der Waals surface area contributed by atoms with Crippen LogP contribution in [0.5, 0.6) is 0 Å². The van der Waals surface area contributed by atoms with Crippen molar-refractivity contribution in [3.63, 3.8) is 0 Å². The van der Waals surface area contributed by atoms with Gasteiger partial charge in [-0.1, -0.05) is 37.6 Å². The molecule has 0 spiro atoms. The Morgan fingerprint density at radius 1 is 1.31 bits per heavy atom. The summed E-state index contributed by atoms with van der Waals surface area (Å²) in [4.78, 5) is 11.3. The second-order valence-corrected chi connectivity index (χ2v) is 4.50. The number of hydrogen-bond acceptors (Lipinski definition) is 2. The highest BCUT2D eigenvalue weighted by molar-refractivity contribution is 5.71. The lowest BCUT2D eigenvalue weighted by atomic mass is 10.0. The maximum atomic E-state index is 11.3. The Labute approximate surface area is 97.6 Å². The topological polar surface area (TPSA) is 26.3 Å². The van der Waals surface area contributed by atoms with Crippen LogP contribution in [-0.2, 0) is 16.0 Å². The molecule has 1 rings (SSSR count). The largest absolute Gasteiger partial charge is 0.465 e. The molecule has 0 amide bonds. The summed E-state index contributed by atoms with van der Waals surface area (Å²) < 4.78 is 5.16. The van der Waals surface area contributed by atoms with Gasteiger partial charge in [-0.05, 0) is 25.0 Å². The molecule has 0 N–H and O–H groups in total. The van der Waals surface area contributed by atoms with Gasteiger partial charge in [0.15, 0.2) is 0 Å². The first-order valence-corrected chi connectivity index (χ1v) is 5.73. The van der Waals surface area contributed by atoms with E-state index in [9.17, 15) is 4.79 Å². The van der Waals surface area contributed by atoms with Crippen molar-refractivity contribution in [1.82, 2.24) is 0 Å². The van der Waals surface area contributed by atoms with Crippen LogP contribution in [-0.4, -0.2) is 12.6 Å². The highest BCUT2D eigenvalue weighted by Crippen LogP contribution is 2.11. The van der Waals surface area contributed by atoms with Crippen LogP contribution in [0.3, 0.4) is 0 Å². The fraction of sp³-hybridized carbons (Fsp3) is 0.500. The summed E-state index contributed by atoms with van der Waals surface area (Å²) >= 11 is 0. The molecule has 16 heavy (non-hydrogen) atoms. The molecule has 0 aliphatic rings. The zero-order valence-corrected chi connectivity index (χ0v) is 10.5. The first-order chi connectivity index (χ1) is 7.50. The number of carbonyl (C=O) groups is 1. The van der Waals surface area contributed by atoms with Gasteiger partial charge in [0, 0.05) is 6.42 Å². The minimum Gasteiger partial charge on any atom is -0.465 e. The lowest BCUT2D eigenvalue weighted by Crippen LogP contribution is -2.13. The minimum absolute atomic E-state index is 0.0430. The van der Waals surface area contributed by atoms with Gasteiger partial charge >= 0.3 is 5.97 Å². The number of rotatable bonds is 4. The first-order valence-electron chi connectivity index (χ1n) is 5.73. The van der Waals surface area contributed by atoms with Crippen LogP contribution in [0.2, 0.25) is 0 Å². The average molecular weight is 220 g/mol. The lowest BCUT2D eigenvalue weighted by molar-refractivity contribution is -0.147. The molecule has 0 unspecified atom stereocenters. The van der Waals surface area contributed by atoms with Gasteiger partial charge in [-0.25, -0.2) is 0 Å². The monoisotopic (exact) mass is 220 g/mol. The third kappa shape index (κ3) is 3.69. The SMILES string of the molecule is Cc1ccc(C)c(CCOC(=O)C(C)C)c1. The summed E-state index contributed by atoms with van der Waals surface area (Å²) in [5.74, 6) is -0.163. The Morgan fingerprint density at radius 2 is 2.00 bits per heavy atom. The molecular weight excluding hydrogens is 200 g/mol. The van der Waals surface area contributed by atoms with E-state index in [4.69, 9.17) is 4.74 Å². The van der Waals surface area contributed by atoms with Gasteiger partial charge in [0.25, 0.3) is 0 Å². The molecule has 1 aromatic rings. The Balaban J connectivity index is 2.49. The quantitative estimate of drug-likeness (QED) is 0.729. The molecule has 2 heteroatoms. The summed E-state index contributed by atoms with van der Waals surface area (Å²) in [6.07, 6.45) is 0.798. The smallest absolute Gasteiger partial charge is 0.308 e. The van der Waals surface area contributed by atoms with Crippen LogP contribution < -0.4 is 0 Å². The Bertz CT molecular complexity index is 367. The van der Waals surface area contributed by atoms with Crippen molar-refractivity contribution < 1.29 is 9.53 Å². The predicted octanol–water partition coefficient (Wildman–Crippen LogP) is 3.05.